The molecule has 0 aliphatic rings. The highest BCUT2D eigenvalue weighted by Gasteiger charge is 2.14. The van der Waals surface area contributed by atoms with Gasteiger partial charge in [-0.1, -0.05) is 6.07 Å². The SMILES string of the molecule is CNc1ccc2cc(S(=O)(=O)O)cc(OCCCS)c2c1.Nc1ccc(C=O)cc1. The highest BCUT2D eigenvalue weighted by molar-refractivity contribution is 7.85. The van der Waals surface area contributed by atoms with Crippen molar-refractivity contribution in [1.82, 2.24) is 0 Å². The first kappa shape index (κ1) is 23.5. The van der Waals surface area contributed by atoms with E-state index in [2.05, 4.69) is 17.9 Å². The number of carbonyl (C=O) groups is 1. The monoisotopic (exact) mass is 448 g/mol. The van der Waals surface area contributed by atoms with Gasteiger partial charge in [0.25, 0.3) is 10.1 Å². The van der Waals surface area contributed by atoms with Crippen LogP contribution in [0.25, 0.3) is 10.8 Å². The zero-order valence-electron chi connectivity index (χ0n) is 16.4. The zero-order chi connectivity index (χ0) is 22.1. The minimum Gasteiger partial charge on any atom is -0.493 e. The minimum absolute atomic E-state index is 0.173. The molecule has 0 radical (unpaired) electrons. The van der Waals surface area contributed by atoms with Gasteiger partial charge in [-0.3, -0.25) is 9.35 Å². The Bertz CT molecular complexity index is 1100. The van der Waals surface area contributed by atoms with Gasteiger partial charge in [-0.2, -0.15) is 21.0 Å². The van der Waals surface area contributed by atoms with Crippen LogP contribution in [0.15, 0.2) is 59.5 Å². The van der Waals surface area contributed by atoms with Crippen LogP contribution in [0.1, 0.15) is 16.8 Å². The summed E-state index contributed by atoms with van der Waals surface area (Å²) in [4.78, 5) is 9.90. The fourth-order valence-electron chi connectivity index (χ4n) is 2.54. The Kier molecular flexibility index (Phi) is 8.52. The molecule has 0 heterocycles. The lowest BCUT2D eigenvalue weighted by Crippen LogP contribution is -2.02. The molecule has 0 aliphatic carbocycles. The van der Waals surface area contributed by atoms with E-state index in [0.717, 1.165) is 23.8 Å². The maximum Gasteiger partial charge on any atom is 0.294 e. The molecule has 9 heteroatoms. The molecular formula is C21H24N2O5S2. The summed E-state index contributed by atoms with van der Waals surface area (Å²) in [6, 6.07) is 15.0. The number of ether oxygens (including phenoxy) is 1. The maximum absolute atomic E-state index is 11.4. The molecule has 0 saturated heterocycles. The highest BCUT2D eigenvalue weighted by atomic mass is 32.2. The smallest absolute Gasteiger partial charge is 0.294 e. The Morgan fingerprint density at radius 1 is 1.13 bits per heavy atom. The van der Waals surface area contributed by atoms with Crippen molar-refractivity contribution in [2.75, 3.05) is 30.5 Å². The third-order valence-electron chi connectivity index (χ3n) is 4.11. The van der Waals surface area contributed by atoms with Crippen LogP contribution in [-0.2, 0) is 10.1 Å². The molecule has 0 atom stereocenters. The van der Waals surface area contributed by atoms with E-state index >= 15 is 0 Å². The molecule has 3 aromatic rings. The predicted molar refractivity (Wildman–Crippen MR) is 124 cm³/mol. The maximum atomic E-state index is 11.4. The van der Waals surface area contributed by atoms with Crippen LogP contribution in [0, 0.1) is 0 Å². The van der Waals surface area contributed by atoms with Gasteiger partial charge in [0.15, 0.2) is 0 Å². The number of rotatable bonds is 7. The summed E-state index contributed by atoms with van der Waals surface area (Å²) >= 11 is 4.11. The fourth-order valence-corrected chi connectivity index (χ4v) is 3.20. The van der Waals surface area contributed by atoms with Gasteiger partial charge in [-0.25, -0.2) is 0 Å². The van der Waals surface area contributed by atoms with Crippen molar-refractivity contribution in [2.24, 2.45) is 0 Å². The molecule has 7 nitrogen and oxygen atoms in total. The molecule has 0 fully saturated rings. The second-order valence-corrected chi connectivity index (χ2v) is 8.16. The van der Waals surface area contributed by atoms with Crippen molar-refractivity contribution in [3.05, 3.63) is 60.2 Å². The van der Waals surface area contributed by atoms with E-state index in [-0.39, 0.29) is 4.90 Å². The molecule has 0 aliphatic heterocycles. The van der Waals surface area contributed by atoms with Gasteiger partial charge in [-0.15, -0.1) is 0 Å². The van der Waals surface area contributed by atoms with Crippen LogP contribution in [0.2, 0.25) is 0 Å². The van der Waals surface area contributed by atoms with Crippen molar-refractivity contribution in [1.29, 1.82) is 0 Å². The summed E-state index contributed by atoms with van der Waals surface area (Å²) in [5.41, 5.74) is 7.59. The number of nitrogens with two attached hydrogens (primary N) is 1. The quantitative estimate of drug-likeness (QED) is 0.142. The molecular weight excluding hydrogens is 424 g/mol. The number of hydrogen-bond donors (Lipinski definition) is 4. The largest absolute Gasteiger partial charge is 0.493 e. The number of nitrogen functional groups attached to an aromatic ring is 1. The molecule has 0 unspecified atom stereocenters. The van der Waals surface area contributed by atoms with Crippen LogP contribution in [0.5, 0.6) is 5.75 Å². The molecule has 0 amide bonds. The lowest BCUT2D eigenvalue weighted by atomic mass is 10.1. The summed E-state index contributed by atoms with van der Waals surface area (Å²) < 4.78 is 37.6. The standard InChI is InChI=1S/C14H17NO4S2.C7H7NO/c1-15-11-4-3-10-7-12(21(16,17)18)9-14(13(10)8-11)19-5-2-6-20;8-7-3-1-6(5-9)2-4-7/h3-4,7-9,15,20H,2,5-6H2,1H3,(H,16,17,18);1-5H,8H2. The Balaban J connectivity index is 0.000000297. The van der Waals surface area contributed by atoms with E-state index in [1.165, 1.54) is 12.1 Å². The number of benzene rings is 3. The van der Waals surface area contributed by atoms with E-state index in [1.807, 2.05) is 12.1 Å². The normalized spacial score (nSPS) is 10.8. The highest BCUT2D eigenvalue weighted by Crippen LogP contribution is 2.32. The van der Waals surface area contributed by atoms with Gasteiger partial charge >= 0.3 is 0 Å². The summed E-state index contributed by atoms with van der Waals surface area (Å²) in [5.74, 6) is 1.11. The Hall–Kier alpha value is -2.75. The third kappa shape index (κ3) is 6.65. The number of aldehydes is 1. The number of anilines is 2. The molecule has 0 aromatic heterocycles. The molecule has 0 saturated carbocycles. The Morgan fingerprint density at radius 2 is 1.83 bits per heavy atom. The van der Waals surface area contributed by atoms with Crippen molar-refractivity contribution in [3.8, 4) is 5.75 Å². The first-order valence-corrected chi connectivity index (χ1v) is 11.1. The van der Waals surface area contributed by atoms with Crippen LogP contribution in [0.4, 0.5) is 11.4 Å². The van der Waals surface area contributed by atoms with Crippen molar-refractivity contribution < 1.29 is 22.5 Å². The molecule has 4 N–H and O–H groups in total. The lowest BCUT2D eigenvalue weighted by Gasteiger charge is -2.12. The van der Waals surface area contributed by atoms with Gasteiger partial charge in [0.2, 0.25) is 0 Å². The minimum atomic E-state index is -4.27. The Morgan fingerprint density at radius 3 is 2.40 bits per heavy atom. The van der Waals surface area contributed by atoms with Crippen molar-refractivity contribution >= 4 is 51.2 Å². The van der Waals surface area contributed by atoms with E-state index in [1.54, 1.807) is 37.4 Å². The summed E-state index contributed by atoms with van der Waals surface area (Å²) in [6.45, 7) is 0.428. The fraction of sp³-hybridized carbons (Fsp3) is 0.190. The average Bonchev–Trinajstić information content (AvgIpc) is 2.73. The van der Waals surface area contributed by atoms with Gasteiger partial charge in [0, 0.05) is 35.4 Å². The van der Waals surface area contributed by atoms with E-state index < -0.39 is 10.1 Å². The van der Waals surface area contributed by atoms with Crippen LogP contribution in [-0.4, -0.2) is 38.7 Å². The first-order valence-electron chi connectivity index (χ1n) is 9.06. The number of fused-ring (bicyclic) bond motifs is 1. The lowest BCUT2D eigenvalue weighted by molar-refractivity contribution is 0.112. The molecule has 0 spiro atoms. The van der Waals surface area contributed by atoms with Crippen molar-refractivity contribution in [2.45, 2.75) is 11.3 Å². The van der Waals surface area contributed by atoms with E-state index in [0.29, 0.717) is 34.7 Å². The van der Waals surface area contributed by atoms with Crippen LogP contribution >= 0.6 is 12.6 Å². The van der Waals surface area contributed by atoms with E-state index in [9.17, 15) is 17.8 Å². The second-order valence-electron chi connectivity index (χ2n) is 6.29. The summed E-state index contributed by atoms with van der Waals surface area (Å²) in [5, 5.41) is 4.49. The van der Waals surface area contributed by atoms with Crippen LogP contribution < -0.4 is 15.8 Å². The first-order chi connectivity index (χ1) is 14.3. The average molecular weight is 449 g/mol. The number of carbonyl (C=O) groups excluding carboxylic acids is 1. The number of nitrogens with one attached hydrogen (secondary N) is 1. The van der Waals surface area contributed by atoms with Gasteiger partial charge in [0.05, 0.1) is 11.5 Å². The molecule has 0 bridgehead atoms. The van der Waals surface area contributed by atoms with Crippen LogP contribution in [0.3, 0.4) is 0 Å². The number of thiol groups is 1. The number of hydrogen-bond acceptors (Lipinski definition) is 7. The van der Waals surface area contributed by atoms with Gasteiger partial charge in [0.1, 0.15) is 12.0 Å². The topological polar surface area (TPSA) is 119 Å². The molecule has 30 heavy (non-hydrogen) atoms. The molecule has 3 rings (SSSR count). The van der Waals surface area contributed by atoms with Gasteiger partial charge in [-0.05, 0) is 60.0 Å². The molecule has 3 aromatic carbocycles. The summed E-state index contributed by atoms with van der Waals surface area (Å²) in [6.07, 6.45) is 1.53. The van der Waals surface area contributed by atoms with E-state index in [4.69, 9.17) is 10.5 Å². The summed E-state index contributed by atoms with van der Waals surface area (Å²) in [7, 11) is -2.47. The van der Waals surface area contributed by atoms with Crippen molar-refractivity contribution in [3.63, 3.8) is 0 Å². The predicted octanol–water partition coefficient (Wildman–Crippen LogP) is 3.91. The van der Waals surface area contributed by atoms with Gasteiger partial charge < -0.3 is 15.8 Å². The second kappa shape index (κ2) is 10.9. The molecule has 160 valence electrons. The zero-order valence-corrected chi connectivity index (χ0v) is 18.1. The third-order valence-corrected chi connectivity index (χ3v) is 5.26. The Labute approximate surface area is 181 Å².